The van der Waals surface area contributed by atoms with Crippen molar-refractivity contribution in [3.05, 3.63) is 23.9 Å². The average molecular weight is 355 g/mol. The van der Waals surface area contributed by atoms with E-state index in [2.05, 4.69) is 26.9 Å². The first-order valence-corrected chi connectivity index (χ1v) is 8.80. The SMILES string of the molecule is COCCN(C)c1ccc(CN2CC3CCCC(N)C3C2)cn1.Cl. The van der Waals surface area contributed by atoms with Crippen LogP contribution >= 0.6 is 12.4 Å². The molecular weight excluding hydrogens is 324 g/mol. The summed E-state index contributed by atoms with van der Waals surface area (Å²) in [6, 6.07) is 4.72. The Balaban J connectivity index is 0.00000208. The number of likely N-dealkylation sites (N-methyl/N-ethyl adjacent to an activating group) is 1. The van der Waals surface area contributed by atoms with Crippen LogP contribution in [0.3, 0.4) is 0 Å². The molecule has 0 radical (unpaired) electrons. The summed E-state index contributed by atoms with van der Waals surface area (Å²) in [5.74, 6) is 2.52. The van der Waals surface area contributed by atoms with Crippen LogP contribution in [0.4, 0.5) is 5.82 Å². The zero-order valence-electron chi connectivity index (χ0n) is 14.9. The number of rotatable bonds is 6. The first-order valence-electron chi connectivity index (χ1n) is 8.80. The van der Waals surface area contributed by atoms with E-state index < -0.39 is 0 Å². The third-order valence-corrected chi connectivity index (χ3v) is 5.47. The summed E-state index contributed by atoms with van der Waals surface area (Å²) >= 11 is 0. The second kappa shape index (κ2) is 8.99. The van der Waals surface area contributed by atoms with Gasteiger partial charge in [0.05, 0.1) is 6.61 Å². The molecule has 1 aliphatic carbocycles. The van der Waals surface area contributed by atoms with E-state index in [9.17, 15) is 0 Å². The number of likely N-dealkylation sites (tertiary alicyclic amines) is 1. The lowest BCUT2D eigenvalue weighted by molar-refractivity contribution is 0.206. The molecule has 6 heteroatoms. The van der Waals surface area contributed by atoms with E-state index in [-0.39, 0.29) is 12.4 Å². The van der Waals surface area contributed by atoms with Gasteiger partial charge in [0.2, 0.25) is 0 Å². The Labute approximate surface area is 152 Å². The van der Waals surface area contributed by atoms with Crippen molar-refractivity contribution in [3.63, 3.8) is 0 Å². The molecule has 0 aromatic carbocycles. The van der Waals surface area contributed by atoms with Gasteiger partial charge in [-0.3, -0.25) is 4.90 Å². The molecule has 2 heterocycles. The van der Waals surface area contributed by atoms with Gasteiger partial charge in [0, 0.05) is 52.6 Å². The highest BCUT2D eigenvalue weighted by Crippen LogP contribution is 2.36. The van der Waals surface area contributed by atoms with Crippen LogP contribution in [-0.4, -0.2) is 56.3 Å². The van der Waals surface area contributed by atoms with Gasteiger partial charge in [-0.05, 0) is 36.3 Å². The summed E-state index contributed by atoms with van der Waals surface area (Å²) in [7, 11) is 3.78. The fraction of sp³-hybridized carbons (Fsp3) is 0.722. The smallest absolute Gasteiger partial charge is 0.128 e. The third-order valence-electron chi connectivity index (χ3n) is 5.47. The van der Waals surface area contributed by atoms with Crippen LogP contribution in [-0.2, 0) is 11.3 Å². The van der Waals surface area contributed by atoms with E-state index >= 15 is 0 Å². The minimum absolute atomic E-state index is 0. The Kier molecular flexibility index (Phi) is 7.29. The molecule has 2 N–H and O–H groups in total. The van der Waals surface area contributed by atoms with Crippen LogP contribution in [0.25, 0.3) is 0 Å². The van der Waals surface area contributed by atoms with Crippen LogP contribution in [0.15, 0.2) is 18.3 Å². The molecule has 2 aliphatic rings. The topological polar surface area (TPSA) is 54.6 Å². The minimum Gasteiger partial charge on any atom is -0.383 e. The van der Waals surface area contributed by atoms with Crippen molar-refractivity contribution in [1.29, 1.82) is 0 Å². The number of hydrogen-bond acceptors (Lipinski definition) is 5. The van der Waals surface area contributed by atoms with Gasteiger partial charge >= 0.3 is 0 Å². The van der Waals surface area contributed by atoms with Crippen LogP contribution in [0.2, 0.25) is 0 Å². The summed E-state index contributed by atoms with van der Waals surface area (Å²) in [4.78, 5) is 9.28. The minimum atomic E-state index is 0. The molecule has 5 nitrogen and oxygen atoms in total. The number of aromatic nitrogens is 1. The number of anilines is 1. The first-order chi connectivity index (χ1) is 11.2. The molecule has 1 aliphatic heterocycles. The van der Waals surface area contributed by atoms with E-state index in [4.69, 9.17) is 10.5 Å². The lowest BCUT2D eigenvalue weighted by atomic mass is 9.78. The zero-order valence-corrected chi connectivity index (χ0v) is 15.7. The summed E-state index contributed by atoms with van der Waals surface area (Å²) in [6.45, 7) is 4.93. The van der Waals surface area contributed by atoms with Crippen molar-refractivity contribution in [2.24, 2.45) is 17.6 Å². The lowest BCUT2D eigenvalue weighted by Crippen LogP contribution is -2.38. The maximum atomic E-state index is 6.31. The average Bonchev–Trinajstić information content (AvgIpc) is 2.97. The van der Waals surface area contributed by atoms with Gasteiger partial charge < -0.3 is 15.4 Å². The second-order valence-electron chi connectivity index (χ2n) is 7.15. The molecule has 1 saturated heterocycles. The fourth-order valence-corrected chi connectivity index (χ4v) is 4.08. The number of nitrogens with two attached hydrogens (primary N) is 1. The summed E-state index contributed by atoms with van der Waals surface area (Å²) in [5.41, 5.74) is 7.61. The molecule has 3 unspecified atom stereocenters. The van der Waals surface area contributed by atoms with Crippen molar-refractivity contribution in [2.75, 3.05) is 45.3 Å². The zero-order chi connectivity index (χ0) is 16.2. The monoisotopic (exact) mass is 354 g/mol. The number of hydrogen-bond donors (Lipinski definition) is 1. The maximum Gasteiger partial charge on any atom is 0.128 e. The van der Waals surface area contributed by atoms with Gasteiger partial charge in [-0.25, -0.2) is 4.98 Å². The molecule has 1 aromatic rings. The Hall–Kier alpha value is -0.880. The Bertz CT molecular complexity index is 498. The second-order valence-corrected chi connectivity index (χ2v) is 7.15. The van der Waals surface area contributed by atoms with Crippen molar-refractivity contribution in [3.8, 4) is 0 Å². The highest BCUT2D eigenvalue weighted by Gasteiger charge is 2.38. The lowest BCUT2D eigenvalue weighted by Gasteiger charge is -2.29. The predicted molar refractivity (Wildman–Crippen MR) is 101 cm³/mol. The summed E-state index contributed by atoms with van der Waals surface area (Å²) in [5, 5.41) is 0. The standard InChI is InChI=1S/C18H30N4O.ClH/c1-21(8-9-23-2)18-7-6-14(10-20-18)11-22-12-15-4-3-5-17(19)16(15)13-22;/h6-7,10,15-17H,3-5,8-9,11-13,19H2,1-2H3;1H. The molecule has 0 bridgehead atoms. The number of ether oxygens (including phenoxy) is 1. The van der Waals surface area contributed by atoms with Gasteiger partial charge in [-0.1, -0.05) is 12.5 Å². The molecule has 0 amide bonds. The molecule has 2 fully saturated rings. The number of fused-ring (bicyclic) bond motifs is 1. The van der Waals surface area contributed by atoms with E-state index in [0.29, 0.717) is 12.0 Å². The van der Waals surface area contributed by atoms with Crippen molar-refractivity contribution in [2.45, 2.75) is 31.8 Å². The van der Waals surface area contributed by atoms with E-state index in [1.807, 2.05) is 13.2 Å². The van der Waals surface area contributed by atoms with Crippen LogP contribution in [0, 0.1) is 11.8 Å². The molecule has 136 valence electrons. The first kappa shape index (κ1) is 19.4. The van der Waals surface area contributed by atoms with Gasteiger partial charge in [-0.2, -0.15) is 0 Å². The Morgan fingerprint density at radius 3 is 2.83 bits per heavy atom. The van der Waals surface area contributed by atoms with Gasteiger partial charge in [0.1, 0.15) is 5.82 Å². The largest absolute Gasteiger partial charge is 0.383 e. The predicted octanol–water partition coefficient (Wildman–Crippen LogP) is 2.15. The highest BCUT2D eigenvalue weighted by molar-refractivity contribution is 5.85. The summed E-state index contributed by atoms with van der Waals surface area (Å²) < 4.78 is 5.12. The number of nitrogens with zero attached hydrogens (tertiary/aromatic N) is 3. The number of halogens is 1. The van der Waals surface area contributed by atoms with E-state index in [0.717, 1.165) is 38.0 Å². The van der Waals surface area contributed by atoms with E-state index in [1.165, 1.54) is 31.4 Å². The molecule has 1 aromatic heterocycles. The van der Waals surface area contributed by atoms with E-state index in [1.54, 1.807) is 7.11 Å². The molecule has 1 saturated carbocycles. The maximum absolute atomic E-state index is 6.31. The normalized spacial score (nSPS) is 26.7. The highest BCUT2D eigenvalue weighted by atomic mass is 35.5. The fourth-order valence-electron chi connectivity index (χ4n) is 4.08. The number of pyridine rings is 1. The molecule has 24 heavy (non-hydrogen) atoms. The Morgan fingerprint density at radius 1 is 1.33 bits per heavy atom. The van der Waals surface area contributed by atoms with Crippen LogP contribution in [0.5, 0.6) is 0 Å². The third kappa shape index (κ3) is 4.60. The van der Waals surface area contributed by atoms with Crippen molar-refractivity contribution >= 4 is 18.2 Å². The van der Waals surface area contributed by atoms with Gasteiger partial charge in [-0.15, -0.1) is 12.4 Å². The molecule has 0 spiro atoms. The molecule has 3 atom stereocenters. The summed E-state index contributed by atoms with van der Waals surface area (Å²) in [6.07, 6.45) is 5.89. The molecule has 3 rings (SSSR count). The quantitative estimate of drug-likeness (QED) is 0.848. The number of methoxy groups -OCH3 is 1. The van der Waals surface area contributed by atoms with Crippen LogP contribution in [0.1, 0.15) is 24.8 Å². The van der Waals surface area contributed by atoms with Crippen LogP contribution < -0.4 is 10.6 Å². The molecular formula is C18H31ClN4O. The Morgan fingerprint density at radius 2 is 2.17 bits per heavy atom. The van der Waals surface area contributed by atoms with Gasteiger partial charge in [0.15, 0.2) is 0 Å². The van der Waals surface area contributed by atoms with Crippen molar-refractivity contribution < 1.29 is 4.74 Å². The van der Waals surface area contributed by atoms with Gasteiger partial charge in [0.25, 0.3) is 0 Å². The van der Waals surface area contributed by atoms with Crippen molar-refractivity contribution in [1.82, 2.24) is 9.88 Å².